The fourth-order valence-electron chi connectivity index (χ4n) is 2.80. The van der Waals surface area contributed by atoms with Crippen LogP contribution in [-0.2, 0) is 14.8 Å². The van der Waals surface area contributed by atoms with Gasteiger partial charge in [0, 0.05) is 26.2 Å². The zero-order valence-electron chi connectivity index (χ0n) is 14.6. The summed E-state index contributed by atoms with van der Waals surface area (Å²) >= 11 is 0. The topological polar surface area (TPSA) is 95.8 Å². The smallest absolute Gasteiger partial charge is 0.360 e. The van der Waals surface area contributed by atoms with E-state index < -0.39 is 34.7 Å². The lowest BCUT2D eigenvalue weighted by Crippen LogP contribution is -2.55. The van der Waals surface area contributed by atoms with Gasteiger partial charge in [-0.15, -0.1) is 0 Å². The van der Waals surface area contributed by atoms with Crippen LogP contribution in [0.3, 0.4) is 0 Å². The molecule has 1 aromatic heterocycles. The number of halogens is 3. The molecule has 1 aromatic rings. The summed E-state index contributed by atoms with van der Waals surface area (Å²) in [5.41, 5.74) is 0.268. The largest absolute Gasteiger partial charge is 0.405 e. The molecule has 0 bridgehead atoms. The number of piperazine rings is 1. The van der Waals surface area contributed by atoms with Gasteiger partial charge in [0.05, 0.1) is 6.04 Å². The number of amides is 1. The second-order valence-corrected chi connectivity index (χ2v) is 7.98. The summed E-state index contributed by atoms with van der Waals surface area (Å²) in [4.78, 5) is 13.5. The van der Waals surface area contributed by atoms with Crippen LogP contribution in [0.2, 0.25) is 0 Å². The van der Waals surface area contributed by atoms with E-state index in [2.05, 4.69) is 5.16 Å². The van der Waals surface area contributed by atoms with Gasteiger partial charge in [-0.1, -0.05) is 5.16 Å². The van der Waals surface area contributed by atoms with Gasteiger partial charge in [-0.3, -0.25) is 9.69 Å². The molecule has 12 heteroatoms. The van der Waals surface area contributed by atoms with E-state index in [0.717, 1.165) is 0 Å². The zero-order chi connectivity index (χ0) is 19.7. The molecule has 1 amide bonds. The van der Waals surface area contributed by atoms with Crippen molar-refractivity contribution in [1.29, 1.82) is 0 Å². The second-order valence-electron chi connectivity index (χ2n) is 6.10. The van der Waals surface area contributed by atoms with Gasteiger partial charge in [0.1, 0.15) is 17.1 Å². The van der Waals surface area contributed by atoms with Crippen molar-refractivity contribution in [2.75, 3.05) is 32.7 Å². The minimum absolute atomic E-state index is 0.0296. The van der Waals surface area contributed by atoms with E-state index in [1.807, 2.05) is 5.32 Å². The van der Waals surface area contributed by atoms with Crippen LogP contribution in [0.4, 0.5) is 13.2 Å². The van der Waals surface area contributed by atoms with Crippen LogP contribution >= 0.6 is 0 Å². The fourth-order valence-corrected chi connectivity index (χ4v) is 4.52. The maximum Gasteiger partial charge on any atom is 0.405 e. The first-order valence-electron chi connectivity index (χ1n) is 7.95. The highest BCUT2D eigenvalue weighted by molar-refractivity contribution is 7.89. The molecule has 1 unspecified atom stereocenters. The number of nitrogens with zero attached hydrogens (tertiary/aromatic N) is 3. The van der Waals surface area contributed by atoms with Gasteiger partial charge < -0.3 is 9.84 Å². The predicted molar refractivity (Wildman–Crippen MR) is 84.8 cm³/mol. The second kappa shape index (κ2) is 7.53. The normalized spacial score (nSPS) is 18.7. The van der Waals surface area contributed by atoms with E-state index >= 15 is 0 Å². The summed E-state index contributed by atoms with van der Waals surface area (Å²) in [5, 5.41) is 5.49. The molecule has 2 heterocycles. The highest BCUT2D eigenvalue weighted by atomic mass is 32.2. The Labute approximate surface area is 149 Å². The molecule has 1 aliphatic rings. The maximum atomic E-state index is 12.7. The summed E-state index contributed by atoms with van der Waals surface area (Å²) in [7, 11) is -3.78. The minimum atomic E-state index is -4.48. The third-order valence-electron chi connectivity index (χ3n) is 4.23. The van der Waals surface area contributed by atoms with E-state index in [4.69, 9.17) is 4.52 Å². The number of hydrogen-bond acceptors (Lipinski definition) is 6. The van der Waals surface area contributed by atoms with E-state index in [0.29, 0.717) is 0 Å². The molecule has 1 N–H and O–H groups in total. The van der Waals surface area contributed by atoms with Crippen molar-refractivity contribution in [3.8, 4) is 0 Å². The van der Waals surface area contributed by atoms with Crippen molar-refractivity contribution in [3.05, 3.63) is 11.5 Å². The Balaban J connectivity index is 1.97. The van der Waals surface area contributed by atoms with Crippen molar-refractivity contribution < 1.29 is 30.9 Å². The third kappa shape index (κ3) is 4.54. The highest BCUT2D eigenvalue weighted by Crippen LogP contribution is 2.24. The minimum Gasteiger partial charge on any atom is -0.360 e. The summed E-state index contributed by atoms with van der Waals surface area (Å²) in [6.07, 6.45) is -4.48. The molecule has 0 spiro atoms. The SMILES string of the molecule is Cc1noc(C)c1S(=O)(=O)N1CCN(C(C)C(=O)NCC(F)(F)F)CC1. The first-order valence-corrected chi connectivity index (χ1v) is 9.39. The fraction of sp³-hybridized carbons (Fsp3) is 0.714. The molecule has 8 nitrogen and oxygen atoms in total. The van der Waals surface area contributed by atoms with Gasteiger partial charge in [-0.25, -0.2) is 8.42 Å². The summed E-state index contributed by atoms with van der Waals surface area (Å²) in [6.45, 7) is 3.82. The van der Waals surface area contributed by atoms with Gasteiger partial charge in [0.15, 0.2) is 5.76 Å². The van der Waals surface area contributed by atoms with Crippen molar-refractivity contribution in [2.24, 2.45) is 0 Å². The van der Waals surface area contributed by atoms with Gasteiger partial charge in [0.25, 0.3) is 0 Å². The molecule has 0 aromatic carbocycles. The molecular formula is C14H21F3N4O4S. The number of rotatable bonds is 5. The Hall–Kier alpha value is -1.66. The van der Waals surface area contributed by atoms with Crippen LogP contribution in [-0.4, -0.2) is 73.6 Å². The van der Waals surface area contributed by atoms with Crippen molar-refractivity contribution in [2.45, 2.75) is 37.9 Å². The zero-order valence-corrected chi connectivity index (χ0v) is 15.4. The Morgan fingerprint density at radius 2 is 1.85 bits per heavy atom. The van der Waals surface area contributed by atoms with Crippen molar-refractivity contribution in [1.82, 2.24) is 19.7 Å². The monoisotopic (exact) mass is 398 g/mol. The first-order chi connectivity index (χ1) is 11.9. The number of carbonyl (C=O) groups is 1. The molecule has 2 rings (SSSR count). The quantitative estimate of drug-likeness (QED) is 0.783. The van der Waals surface area contributed by atoms with Crippen molar-refractivity contribution >= 4 is 15.9 Å². The molecular weight excluding hydrogens is 377 g/mol. The molecule has 0 aliphatic carbocycles. The lowest BCUT2D eigenvalue weighted by atomic mass is 10.2. The lowest BCUT2D eigenvalue weighted by molar-refractivity contribution is -0.141. The van der Waals surface area contributed by atoms with Crippen LogP contribution in [0.1, 0.15) is 18.4 Å². The van der Waals surface area contributed by atoms with Gasteiger partial charge >= 0.3 is 6.18 Å². The lowest BCUT2D eigenvalue weighted by Gasteiger charge is -2.36. The molecule has 0 saturated carbocycles. The summed E-state index contributed by atoms with van der Waals surface area (Å²) in [5.74, 6) is -0.547. The number of hydrogen-bond donors (Lipinski definition) is 1. The van der Waals surface area contributed by atoms with Gasteiger partial charge in [-0.05, 0) is 20.8 Å². The summed E-state index contributed by atoms with van der Waals surface area (Å²) in [6, 6.07) is -0.790. The average Bonchev–Trinajstić information content (AvgIpc) is 2.90. The van der Waals surface area contributed by atoms with E-state index in [-0.39, 0.29) is 42.5 Å². The van der Waals surface area contributed by atoms with Gasteiger partial charge in [-0.2, -0.15) is 17.5 Å². The Morgan fingerprint density at radius 1 is 1.27 bits per heavy atom. The van der Waals surface area contributed by atoms with E-state index in [1.54, 1.807) is 4.90 Å². The predicted octanol–water partition coefficient (Wildman–Crippen LogP) is 0.665. The Bertz CT molecular complexity index is 735. The van der Waals surface area contributed by atoms with Gasteiger partial charge in [0.2, 0.25) is 15.9 Å². The molecule has 1 aliphatic heterocycles. The molecule has 1 atom stereocenters. The van der Waals surface area contributed by atoms with Crippen molar-refractivity contribution in [3.63, 3.8) is 0 Å². The molecule has 26 heavy (non-hydrogen) atoms. The Morgan fingerprint density at radius 3 is 2.31 bits per heavy atom. The van der Waals surface area contributed by atoms with E-state index in [1.165, 1.54) is 25.1 Å². The molecule has 0 radical (unpaired) electrons. The number of aryl methyl sites for hydroxylation is 2. The van der Waals surface area contributed by atoms with Crippen LogP contribution < -0.4 is 5.32 Å². The molecule has 1 fully saturated rings. The van der Waals surface area contributed by atoms with Crippen LogP contribution in [0.15, 0.2) is 9.42 Å². The standard InChI is InChI=1S/C14H21F3N4O4S/c1-9-12(11(3)25-19-9)26(23,24)21-6-4-20(5-7-21)10(2)13(22)18-8-14(15,16)17/h10H,4-8H2,1-3H3,(H,18,22). The van der Waals surface area contributed by atoms with E-state index in [9.17, 15) is 26.4 Å². The number of alkyl halides is 3. The Kier molecular flexibility index (Phi) is 5.98. The number of sulfonamides is 1. The maximum absolute atomic E-state index is 12.7. The molecule has 148 valence electrons. The number of nitrogens with one attached hydrogen (secondary N) is 1. The first kappa shape index (κ1) is 20.6. The summed E-state index contributed by atoms with van der Waals surface area (Å²) < 4.78 is 68.2. The highest BCUT2D eigenvalue weighted by Gasteiger charge is 2.36. The van der Waals surface area contributed by atoms with Crippen LogP contribution in [0.25, 0.3) is 0 Å². The average molecular weight is 398 g/mol. The number of carbonyl (C=O) groups excluding carboxylic acids is 1. The number of aromatic nitrogens is 1. The van der Waals surface area contributed by atoms with Crippen LogP contribution in [0.5, 0.6) is 0 Å². The third-order valence-corrected chi connectivity index (χ3v) is 6.37. The molecule has 1 saturated heterocycles. The van der Waals surface area contributed by atoms with Crippen LogP contribution in [0, 0.1) is 13.8 Å².